The van der Waals surface area contributed by atoms with Gasteiger partial charge in [0.2, 0.25) is 5.78 Å². The first-order valence-electron chi connectivity index (χ1n) is 7.45. The predicted octanol–water partition coefficient (Wildman–Crippen LogP) is 3.67. The van der Waals surface area contributed by atoms with Crippen molar-refractivity contribution in [3.05, 3.63) is 59.2 Å². The summed E-state index contributed by atoms with van der Waals surface area (Å²) in [6.45, 7) is 3.43. The number of carbonyl (C=O) groups excluding carboxylic acids is 2. The molecule has 5 nitrogen and oxygen atoms in total. The number of para-hydroxylation sites is 1. The molecule has 3 rings (SSSR count). The topological polar surface area (TPSA) is 72.3 Å². The summed E-state index contributed by atoms with van der Waals surface area (Å²) in [6, 6.07) is 7.36. The average molecular weight is 311 g/mol. The zero-order valence-corrected chi connectivity index (χ0v) is 13.0. The van der Waals surface area contributed by atoms with E-state index in [0.29, 0.717) is 16.9 Å². The molecular formula is C18H17NO4. The fourth-order valence-corrected chi connectivity index (χ4v) is 2.63. The van der Waals surface area contributed by atoms with Crippen LogP contribution in [0.4, 0.5) is 0 Å². The molecular weight excluding hydrogens is 294 g/mol. The number of ketones is 1. The molecule has 118 valence electrons. The zero-order valence-electron chi connectivity index (χ0n) is 13.0. The van der Waals surface area contributed by atoms with Gasteiger partial charge in [0.05, 0.1) is 6.26 Å². The fourth-order valence-electron chi connectivity index (χ4n) is 2.63. The van der Waals surface area contributed by atoms with Crippen LogP contribution in [0.2, 0.25) is 0 Å². The lowest BCUT2D eigenvalue weighted by Crippen LogP contribution is -2.14. The number of aromatic amines is 1. The third-order valence-corrected chi connectivity index (χ3v) is 3.90. The minimum Gasteiger partial charge on any atom is -0.469 e. The van der Waals surface area contributed by atoms with Crippen molar-refractivity contribution in [2.75, 3.05) is 6.61 Å². The number of fused-ring (bicyclic) bond motifs is 1. The summed E-state index contributed by atoms with van der Waals surface area (Å²) in [5.41, 5.74) is 2.97. The number of rotatable bonds is 5. The van der Waals surface area contributed by atoms with Crippen LogP contribution in [-0.2, 0) is 11.2 Å². The van der Waals surface area contributed by atoms with Crippen molar-refractivity contribution in [1.82, 2.24) is 4.98 Å². The summed E-state index contributed by atoms with van der Waals surface area (Å²) in [6.07, 6.45) is 3.96. The molecule has 0 saturated heterocycles. The second-order valence-electron chi connectivity index (χ2n) is 5.29. The van der Waals surface area contributed by atoms with E-state index < -0.39 is 5.97 Å². The van der Waals surface area contributed by atoms with Crippen LogP contribution in [-0.4, -0.2) is 23.3 Å². The molecule has 2 aromatic heterocycles. The second kappa shape index (κ2) is 6.12. The lowest BCUT2D eigenvalue weighted by atomic mass is 10.1. The smallest absolute Gasteiger partial charge is 0.342 e. The van der Waals surface area contributed by atoms with Crippen molar-refractivity contribution >= 4 is 22.7 Å². The molecule has 23 heavy (non-hydrogen) atoms. The Balaban J connectivity index is 1.77. The monoisotopic (exact) mass is 311 g/mol. The highest BCUT2D eigenvalue weighted by atomic mass is 16.5. The third kappa shape index (κ3) is 2.77. The van der Waals surface area contributed by atoms with Gasteiger partial charge >= 0.3 is 5.97 Å². The minimum atomic E-state index is -0.557. The summed E-state index contributed by atoms with van der Waals surface area (Å²) in [7, 11) is 0. The van der Waals surface area contributed by atoms with Crippen molar-refractivity contribution in [2.24, 2.45) is 0 Å². The number of hydrogen-bond donors (Lipinski definition) is 1. The van der Waals surface area contributed by atoms with Crippen LogP contribution in [0, 0.1) is 6.92 Å². The predicted molar refractivity (Wildman–Crippen MR) is 85.7 cm³/mol. The molecule has 1 N–H and O–H groups in total. The van der Waals surface area contributed by atoms with Crippen LogP contribution < -0.4 is 0 Å². The van der Waals surface area contributed by atoms with Gasteiger partial charge in [-0.3, -0.25) is 4.79 Å². The van der Waals surface area contributed by atoms with Gasteiger partial charge in [-0.1, -0.05) is 25.1 Å². The maximum absolute atomic E-state index is 12.4. The molecule has 0 aliphatic rings. The van der Waals surface area contributed by atoms with Gasteiger partial charge in [0, 0.05) is 22.7 Å². The molecule has 0 bridgehead atoms. The zero-order chi connectivity index (χ0) is 16.4. The number of Topliss-reactive ketones (excluding diaryl/α,β-unsaturated/α-hetero) is 1. The van der Waals surface area contributed by atoms with Crippen molar-refractivity contribution in [1.29, 1.82) is 0 Å². The average Bonchev–Trinajstić information content (AvgIpc) is 3.18. The highest BCUT2D eigenvalue weighted by Gasteiger charge is 2.18. The van der Waals surface area contributed by atoms with Gasteiger partial charge in [-0.2, -0.15) is 0 Å². The molecule has 3 aromatic rings. The standard InChI is InChI=1S/C18H17NO4/c1-3-12-5-4-6-14-15(9-19-17(12)14)16(20)10-23-18(21)13-7-8-22-11(13)2/h4-9,19H,3,10H2,1-2H3. The molecule has 0 aliphatic carbocycles. The normalized spacial score (nSPS) is 10.9. The summed E-state index contributed by atoms with van der Waals surface area (Å²) in [5, 5.41) is 0.852. The Kier molecular flexibility index (Phi) is 4.02. The van der Waals surface area contributed by atoms with Gasteiger partial charge < -0.3 is 14.1 Å². The molecule has 0 amide bonds. The van der Waals surface area contributed by atoms with Crippen LogP contribution >= 0.6 is 0 Å². The van der Waals surface area contributed by atoms with Crippen molar-refractivity contribution in [3.8, 4) is 0 Å². The first kappa shape index (κ1) is 15.1. The second-order valence-corrected chi connectivity index (χ2v) is 5.29. The van der Waals surface area contributed by atoms with Crippen LogP contribution in [0.3, 0.4) is 0 Å². The highest BCUT2D eigenvalue weighted by Crippen LogP contribution is 2.22. The van der Waals surface area contributed by atoms with Gasteiger partial charge in [0.15, 0.2) is 6.61 Å². The molecule has 5 heteroatoms. The molecule has 0 aliphatic heterocycles. The number of aromatic nitrogens is 1. The number of furan rings is 1. The Morgan fingerprint density at radius 1 is 1.22 bits per heavy atom. The van der Waals surface area contributed by atoms with Gasteiger partial charge in [0.1, 0.15) is 11.3 Å². The first-order valence-corrected chi connectivity index (χ1v) is 7.45. The molecule has 0 unspecified atom stereocenters. The summed E-state index contributed by atoms with van der Waals surface area (Å²) in [5.74, 6) is -0.320. The van der Waals surface area contributed by atoms with Crippen LogP contribution in [0.15, 0.2) is 41.1 Å². The number of carbonyl (C=O) groups is 2. The highest BCUT2D eigenvalue weighted by molar-refractivity contribution is 6.09. The fraction of sp³-hybridized carbons (Fsp3) is 0.222. The molecule has 0 atom stereocenters. The Hall–Kier alpha value is -2.82. The quantitative estimate of drug-likeness (QED) is 0.576. The van der Waals surface area contributed by atoms with Crippen molar-refractivity contribution < 1.29 is 18.7 Å². The SMILES string of the molecule is CCc1cccc2c(C(=O)COC(=O)c3ccoc3C)c[nH]c12. The van der Waals surface area contributed by atoms with Crippen molar-refractivity contribution in [2.45, 2.75) is 20.3 Å². The van der Waals surface area contributed by atoms with Gasteiger partial charge in [-0.25, -0.2) is 4.79 Å². The molecule has 0 spiro atoms. The van der Waals surface area contributed by atoms with Gasteiger partial charge in [-0.05, 0) is 25.0 Å². The number of aryl methyl sites for hydroxylation is 2. The third-order valence-electron chi connectivity index (χ3n) is 3.90. The Morgan fingerprint density at radius 3 is 2.74 bits per heavy atom. The minimum absolute atomic E-state index is 0.237. The number of hydrogen-bond acceptors (Lipinski definition) is 4. The van der Waals surface area contributed by atoms with Crippen LogP contribution in [0.1, 0.15) is 39.0 Å². The number of benzene rings is 1. The Morgan fingerprint density at radius 2 is 2.04 bits per heavy atom. The first-order chi connectivity index (χ1) is 11.1. The number of nitrogens with one attached hydrogen (secondary N) is 1. The molecule has 0 fully saturated rings. The van der Waals surface area contributed by atoms with E-state index in [1.54, 1.807) is 13.1 Å². The van der Waals surface area contributed by atoms with Crippen LogP contribution in [0.5, 0.6) is 0 Å². The number of H-pyrrole nitrogens is 1. The van der Waals surface area contributed by atoms with Gasteiger partial charge in [-0.15, -0.1) is 0 Å². The van der Waals surface area contributed by atoms with Crippen molar-refractivity contribution in [3.63, 3.8) is 0 Å². The Bertz CT molecular complexity index is 872. The van der Waals surface area contributed by atoms with E-state index in [4.69, 9.17) is 9.15 Å². The van der Waals surface area contributed by atoms with E-state index in [1.807, 2.05) is 18.2 Å². The lowest BCUT2D eigenvalue weighted by Gasteiger charge is -2.03. The van der Waals surface area contributed by atoms with E-state index in [1.165, 1.54) is 12.3 Å². The van der Waals surface area contributed by atoms with E-state index >= 15 is 0 Å². The largest absolute Gasteiger partial charge is 0.469 e. The van der Waals surface area contributed by atoms with E-state index in [-0.39, 0.29) is 12.4 Å². The maximum atomic E-state index is 12.4. The summed E-state index contributed by atoms with van der Waals surface area (Å²) in [4.78, 5) is 27.4. The summed E-state index contributed by atoms with van der Waals surface area (Å²) >= 11 is 0. The molecule has 2 heterocycles. The number of ether oxygens (including phenoxy) is 1. The van der Waals surface area contributed by atoms with Gasteiger partial charge in [0.25, 0.3) is 0 Å². The maximum Gasteiger partial charge on any atom is 0.342 e. The van der Waals surface area contributed by atoms with Crippen LogP contribution in [0.25, 0.3) is 10.9 Å². The Labute approximate surface area is 133 Å². The number of esters is 1. The van der Waals surface area contributed by atoms with E-state index in [2.05, 4.69) is 11.9 Å². The summed E-state index contributed by atoms with van der Waals surface area (Å²) < 4.78 is 10.2. The molecule has 1 aromatic carbocycles. The molecule has 0 saturated carbocycles. The molecule has 0 radical (unpaired) electrons. The van der Waals surface area contributed by atoms with E-state index in [9.17, 15) is 9.59 Å². The van der Waals surface area contributed by atoms with E-state index in [0.717, 1.165) is 22.9 Å². The lowest BCUT2D eigenvalue weighted by molar-refractivity contribution is 0.0473.